The van der Waals surface area contributed by atoms with E-state index in [9.17, 15) is 4.39 Å². The van der Waals surface area contributed by atoms with Gasteiger partial charge in [0.25, 0.3) is 0 Å². The quantitative estimate of drug-likeness (QED) is 0.903. The molecule has 1 saturated heterocycles. The Kier molecular flexibility index (Phi) is 5.73. The van der Waals surface area contributed by atoms with Gasteiger partial charge in [-0.3, -0.25) is 0 Å². The van der Waals surface area contributed by atoms with Crippen LogP contribution in [-0.2, 0) is 0 Å². The topological polar surface area (TPSA) is 44.3 Å². The minimum atomic E-state index is -0.333. The number of hydrogen-bond acceptors (Lipinski definition) is 5. The number of anilines is 2. The third kappa shape index (κ3) is 4.03. The molecule has 5 nitrogen and oxygen atoms in total. The van der Waals surface area contributed by atoms with E-state index in [-0.39, 0.29) is 5.82 Å². The lowest BCUT2D eigenvalue weighted by Gasteiger charge is -2.31. The van der Waals surface area contributed by atoms with E-state index in [0.29, 0.717) is 17.8 Å². The van der Waals surface area contributed by atoms with Crippen molar-refractivity contribution >= 4 is 11.8 Å². The number of nitrogens with zero attached hydrogens (tertiary/aromatic N) is 4. The van der Waals surface area contributed by atoms with E-state index in [4.69, 9.17) is 0 Å². The highest BCUT2D eigenvalue weighted by atomic mass is 19.1. The second-order valence-corrected chi connectivity index (χ2v) is 5.66. The predicted molar refractivity (Wildman–Crippen MR) is 84.3 cm³/mol. The molecule has 21 heavy (non-hydrogen) atoms. The molecule has 1 unspecified atom stereocenters. The Balaban J connectivity index is 2.24. The second kappa shape index (κ2) is 7.54. The van der Waals surface area contributed by atoms with Gasteiger partial charge < -0.3 is 15.1 Å². The van der Waals surface area contributed by atoms with Gasteiger partial charge in [-0.15, -0.1) is 0 Å². The van der Waals surface area contributed by atoms with Gasteiger partial charge in [0.05, 0.1) is 6.20 Å². The highest BCUT2D eigenvalue weighted by Gasteiger charge is 2.25. The lowest BCUT2D eigenvalue weighted by Crippen LogP contribution is -2.40. The minimum Gasteiger partial charge on any atom is -0.354 e. The lowest BCUT2D eigenvalue weighted by molar-refractivity contribution is 0.327. The number of nitrogens with one attached hydrogen (secondary N) is 1. The van der Waals surface area contributed by atoms with Gasteiger partial charge in [-0.1, -0.05) is 13.8 Å². The molecule has 0 amide bonds. The average Bonchev–Trinajstić information content (AvgIpc) is 2.67. The molecule has 0 saturated carbocycles. The largest absolute Gasteiger partial charge is 0.354 e. The van der Waals surface area contributed by atoms with Crippen molar-refractivity contribution in [3.63, 3.8) is 0 Å². The summed E-state index contributed by atoms with van der Waals surface area (Å²) in [4.78, 5) is 12.9. The summed E-state index contributed by atoms with van der Waals surface area (Å²) in [7, 11) is 2.12. The Hall–Kier alpha value is -1.43. The smallest absolute Gasteiger partial charge is 0.224 e. The monoisotopic (exact) mass is 295 g/mol. The van der Waals surface area contributed by atoms with E-state index < -0.39 is 0 Å². The Bertz CT molecular complexity index is 454. The molecule has 0 bridgehead atoms. The van der Waals surface area contributed by atoms with Crippen molar-refractivity contribution in [3.8, 4) is 0 Å². The van der Waals surface area contributed by atoms with Crippen LogP contribution in [0.1, 0.15) is 33.1 Å². The van der Waals surface area contributed by atoms with Crippen LogP contribution in [-0.4, -0.2) is 54.1 Å². The fourth-order valence-electron chi connectivity index (χ4n) is 2.75. The summed E-state index contributed by atoms with van der Waals surface area (Å²) in [6.45, 7) is 7.84. The van der Waals surface area contributed by atoms with Crippen LogP contribution >= 0.6 is 0 Å². The van der Waals surface area contributed by atoms with Crippen molar-refractivity contribution in [1.82, 2.24) is 14.9 Å². The molecule has 1 aliphatic rings. The van der Waals surface area contributed by atoms with E-state index in [1.165, 1.54) is 6.20 Å². The molecular weight excluding hydrogens is 269 g/mol. The number of aromatic nitrogens is 2. The zero-order chi connectivity index (χ0) is 15.2. The highest BCUT2D eigenvalue weighted by molar-refractivity contribution is 5.45. The molecule has 0 radical (unpaired) electrons. The molecule has 0 aromatic carbocycles. The van der Waals surface area contributed by atoms with Crippen LogP contribution in [0.4, 0.5) is 16.2 Å². The zero-order valence-corrected chi connectivity index (χ0v) is 13.3. The van der Waals surface area contributed by atoms with Crippen molar-refractivity contribution in [2.24, 2.45) is 0 Å². The molecule has 6 heteroatoms. The van der Waals surface area contributed by atoms with Crippen molar-refractivity contribution in [2.45, 2.75) is 39.2 Å². The Morgan fingerprint density at radius 2 is 2.19 bits per heavy atom. The van der Waals surface area contributed by atoms with Crippen LogP contribution in [0.15, 0.2) is 6.20 Å². The molecule has 0 spiro atoms. The Labute approximate surface area is 126 Å². The van der Waals surface area contributed by atoms with Gasteiger partial charge in [-0.05, 0) is 32.9 Å². The fourth-order valence-corrected chi connectivity index (χ4v) is 2.75. The van der Waals surface area contributed by atoms with Crippen molar-refractivity contribution in [1.29, 1.82) is 0 Å². The van der Waals surface area contributed by atoms with E-state index in [1.807, 2.05) is 0 Å². The third-order valence-corrected chi connectivity index (χ3v) is 3.90. The minimum absolute atomic E-state index is 0.293. The van der Waals surface area contributed by atoms with Crippen LogP contribution < -0.4 is 10.2 Å². The molecule has 0 aliphatic carbocycles. The summed E-state index contributed by atoms with van der Waals surface area (Å²) in [5.41, 5.74) is 0. The lowest BCUT2D eigenvalue weighted by atomic mass is 10.2. The first-order chi connectivity index (χ1) is 10.2. The maximum absolute atomic E-state index is 14.2. The maximum Gasteiger partial charge on any atom is 0.224 e. The van der Waals surface area contributed by atoms with Crippen molar-refractivity contribution in [2.75, 3.05) is 43.4 Å². The molecule has 1 atom stereocenters. The molecule has 1 aliphatic heterocycles. The summed E-state index contributed by atoms with van der Waals surface area (Å²) in [5.74, 6) is 0.617. The zero-order valence-electron chi connectivity index (χ0n) is 13.3. The molecule has 1 aromatic rings. The van der Waals surface area contributed by atoms with Crippen LogP contribution in [0.5, 0.6) is 0 Å². The van der Waals surface area contributed by atoms with Gasteiger partial charge in [0.15, 0.2) is 11.6 Å². The van der Waals surface area contributed by atoms with Crippen LogP contribution in [0.25, 0.3) is 0 Å². The molecule has 2 rings (SSSR count). The number of halogens is 1. The second-order valence-electron chi connectivity index (χ2n) is 5.66. The van der Waals surface area contributed by atoms with Gasteiger partial charge in [0, 0.05) is 25.7 Å². The molecule has 2 heterocycles. The average molecular weight is 295 g/mol. The van der Waals surface area contributed by atoms with E-state index in [0.717, 1.165) is 45.4 Å². The molecule has 1 aromatic heterocycles. The fraction of sp³-hybridized carbons (Fsp3) is 0.733. The van der Waals surface area contributed by atoms with Crippen molar-refractivity contribution < 1.29 is 4.39 Å². The van der Waals surface area contributed by atoms with Gasteiger partial charge in [0.1, 0.15) is 0 Å². The van der Waals surface area contributed by atoms with Crippen molar-refractivity contribution in [3.05, 3.63) is 12.0 Å². The molecule has 1 fully saturated rings. The van der Waals surface area contributed by atoms with Gasteiger partial charge >= 0.3 is 0 Å². The van der Waals surface area contributed by atoms with Crippen LogP contribution in [0, 0.1) is 5.82 Å². The summed E-state index contributed by atoms with van der Waals surface area (Å²) in [5, 5.41) is 3.13. The number of rotatable bonds is 5. The normalized spacial score (nSPS) is 20.4. The highest BCUT2D eigenvalue weighted by Crippen LogP contribution is 2.23. The van der Waals surface area contributed by atoms with Gasteiger partial charge in [0.2, 0.25) is 5.95 Å². The standard InChI is InChI=1S/C15H26FN5/c1-4-7-17-15-18-10-13(16)14(19-15)21-9-6-8-20(3)11-12(21)5-2/h10,12H,4-9,11H2,1-3H3,(H,17,18,19). The number of likely N-dealkylation sites (N-methyl/N-ethyl adjacent to an activating group) is 1. The molecular formula is C15H26FN5. The summed E-state index contributed by atoms with van der Waals surface area (Å²) in [6.07, 6.45) is 4.27. The van der Waals surface area contributed by atoms with Gasteiger partial charge in [-0.25, -0.2) is 9.37 Å². The van der Waals surface area contributed by atoms with Crippen LogP contribution in [0.2, 0.25) is 0 Å². The van der Waals surface area contributed by atoms with E-state index in [2.05, 4.69) is 46.0 Å². The summed E-state index contributed by atoms with van der Waals surface area (Å²) >= 11 is 0. The third-order valence-electron chi connectivity index (χ3n) is 3.90. The SMILES string of the molecule is CCCNc1ncc(F)c(N2CCCN(C)CC2CC)n1. The first kappa shape index (κ1) is 15.9. The number of hydrogen-bond donors (Lipinski definition) is 1. The first-order valence-corrected chi connectivity index (χ1v) is 7.87. The predicted octanol–water partition coefficient (Wildman–Crippen LogP) is 2.36. The van der Waals surface area contributed by atoms with Crippen LogP contribution in [0.3, 0.4) is 0 Å². The Morgan fingerprint density at radius 1 is 1.38 bits per heavy atom. The molecule has 1 N–H and O–H groups in total. The first-order valence-electron chi connectivity index (χ1n) is 7.87. The summed E-state index contributed by atoms with van der Waals surface area (Å²) in [6, 6.07) is 0.293. The maximum atomic E-state index is 14.2. The van der Waals surface area contributed by atoms with E-state index >= 15 is 0 Å². The van der Waals surface area contributed by atoms with E-state index in [1.54, 1.807) is 0 Å². The summed E-state index contributed by atoms with van der Waals surface area (Å²) < 4.78 is 14.2. The Morgan fingerprint density at radius 3 is 2.90 bits per heavy atom. The molecule has 118 valence electrons. The van der Waals surface area contributed by atoms with Gasteiger partial charge in [-0.2, -0.15) is 4.98 Å².